The molecular weight excluding hydrogens is 594 g/mol. The molecule has 0 aromatic heterocycles. The summed E-state index contributed by atoms with van der Waals surface area (Å²) < 4.78 is 0. The van der Waals surface area contributed by atoms with Crippen LogP contribution in [0.3, 0.4) is 0 Å². The second-order valence-electron chi connectivity index (χ2n) is 11.6. The summed E-state index contributed by atoms with van der Waals surface area (Å²) >= 11 is 1.53. The molecule has 0 spiro atoms. The SMILES string of the molecule is CSCC[C@H](NC(=O)[C@@H](N)Cc1c(C)cc(O)cc1C)C(=O)NCC(=O)CN[C@@H](Cc1ccccc1)C(=O)N1CCCC1CO. The normalized spacial score (nSPS) is 16.6. The maximum absolute atomic E-state index is 13.4. The molecule has 12 heteroatoms. The van der Waals surface area contributed by atoms with Crippen molar-refractivity contribution >= 4 is 35.3 Å². The van der Waals surface area contributed by atoms with Crippen LogP contribution in [0.25, 0.3) is 0 Å². The van der Waals surface area contributed by atoms with Crippen LogP contribution < -0.4 is 21.7 Å². The number of aryl methyl sites for hydroxylation is 2. The number of nitrogens with zero attached hydrogens (tertiary/aromatic N) is 1. The zero-order valence-corrected chi connectivity index (χ0v) is 27.2. The summed E-state index contributed by atoms with van der Waals surface area (Å²) in [6.07, 6.45) is 4.41. The van der Waals surface area contributed by atoms with Gasteiger partial charge in [-0.2, -0.15) is 11.8 Å². The molecule has 0 aliphatic carbocycles. The van der Waals surface area contributed by atoms with Crippen molar-refractivity contribution in [2.24, 2.45) is 5.73 Å². The molecule has 2 aromatic carbocycles. The number of aliphatic hydroxyl groups excluding tert-OH is 1. The van der Waals surface area contributed by atoms with Crippen LogP contribution in [0.1, 0.15) is 41.5 Å². The Labute approximate surface area is 269 Å². The maximum atomic E-state index is 13.4. The molecule has 7 N–H and O–H groups in total. The quantitative estimate of drug-likeness (QED) is 0.147. The lowest BCUT2D eigenvalue weighted by Crippen LogP contribution is -2.54. The van der Waals surface area contributed by atoms with Crippen molar-refractivity contribution in [1.29, 1.82) is 0 Å². The van der Waals surface area contributed by atoms with Crippen LogP contribution in [0.5, 0.6) is 5.75 Å². The number of aromatic hydroxyl groups is 1. The third kappa shape index (κ3) is 10.8. The number of phenolic OH excluding ortho intramolecular Hbond substituents is 1. The smallest absolute Gasteiger partial charge is 0.242 e. The van der Waals surface area contributed by atoms with E-state index in [-0.39, 0.29) is 49.6 Å². The van der Waals surface area contributed by atoms with Gasteiger partial charge in [0.2, 0.25) is 17.7 Å². The van der Waals surface area contributed by atoms with Crippen molar-refractivity contribution in [1.82, 2.24) is 20.9 Å². The number of aliphatic hydroxyl groups is 1. The number of ketones is 1. The summed E-state index contributed by atoms with van der Waals surface area (Å²) in [5.41, 5.74) is 9.65. The minimum atomic E-state index is -0.914. The summed E-state index contributed by atoms with van der Waals surface area (Å²) in [4.78, 5) is 54.0. The summed E-state index contributed by atoms with van der Waals surface area (Å²) in [6, 6.07) is 10.0. The van der Waals surface area contributed by atoms with Crippen molar-refractivity contribution in [3.05, 3.63) is 64.7 Å². The van der Waals surface area contributed by atoms with E-state index < -0.39 is 29.9 Å². The fourth-order valence-electron chi connectivity index (χ4n) is 5.61. The number of nitrogens with two attached hydrogens (primary N) is 1. The standard InChI is InChI=1S/C33H47N5O6S/c1-21-14-25(40)15-22(2)27(21)17-28(34)31(42)37-29(11-13-45-3)32(43)36-19-26(41)18-35-30(16-23-8-5-4-6-9-23)33(44)38-12-7-10-24(38)20-39/h4-6,8-9,14-15,24,28-30,35,39-40H,7,10-13,16-20,34H2,1-3H3,(H,36,43)(H,37,42)/t24?,28-,29-,30-/m0/s1. The van der Waals surface area contributed by atoms with E-state index >= 15 is 0 Å². The van der Waals surface area contributed by atoms with E-state index in [4.69, 9.17) is 5.73 Å². The Balaban J connectivity index is 1.57. The Bertz CT molecular complexity index is 1290. The van der Waals surface area contributed by atoms with E-state index in [0.29, 0.717) is 25.1 Å². The van der Waals surface area contributed by atoms with Gasteiger partial charge < -0.3 is 31.5 Å². The zero-order valence-electron chi connectivity index (χ0n) is 26.4. The van der Waals surface area contributed by atoms with Crippen LogP contribution in [0.4, 0.5) is 0 Å². The van der Waals surface area contributed by atoms with Gasteiger partial charge in [-0.15, -0.1) is 0 Å². The third-order valence-electron chi connectivity index (χ3n) is 8.14. The van der Waals surface area contributed by atoms with E-state index in [1.807, 2.05) is 50.4 Å². The van der Waals surface area contributed by atoms with Gasteiger partial charge in [-0.25, -0.2) is 0 Å². The molecule has 246 valence electrons. The number of phenols is 1. The molecule has 0 saturated carbocycles. The van der Waals surface area contributed by atoms with Crippen molar-refractivity contribution in [2.45, 2.75) is 70.1 Å². The number of rotatable bonds is 17. The number of amides is 3. The van der Waals surface area contributed by atoms with E-state index in [0.717, 1.165) is 35.1 Å². The lowest BCUT2D eigenvalue weighted by molar-refractivity contribution is -0.135. The minimum Gasteiger partial charge on any atom is -0.508 e. The predicted molar refractivity (Wildman–Crippen MR) is 176 cm³/mol. The molecule has 2 aromatic rings. The molecule has 1 unspecified atom stereocenters. The monoisotopic (exact) mass is 641 g/mol. The summed E-state index contributed by atoms with van der Waals surface area (Å²) in [5, 5.41) is 28.0. The van der Waals surface area contributed by atoms with Crippen LogP contribution in [0.2, 0.25) is 0 Å². The number of benzene rings is 2. The molecule has 3 rings (SSSR count). The first-order chi connectivity index (χ1) is 21.5. The van der Waals surface area contributed by atoms with Gasteiger partial charge in [0.1, 0.15) is 11.8 Å². The Kier molecular flexibility index (Phi) is 14.3. The van der Waals surface area contributed by atoms with Gasteiger partial charge in [0.05, 0.1) is 37.8 Å². The van der Waals surface area contributed by atoms with Gasteiger partial charge in [-0.3, -0.25) is 24.5 Å². The molecule has 1 aliphatic rings. The maximum Gasteiger partial charge on any atom is 0.242 e. The summed E-state index contributed by atoms with van der Waals surface area (Å²) in [7, 11) is 0. The second-order valence-corrected chi connectivity index (χ2v) is 12.6. The third-order valence-corrected chi connectivity index (χ3v) is 8.79. The molecule has 45 heavy (non-hydrogen) atoms. The average Bonchev–Trinajstić information content (AvgIpc) is 3.50. The van der Waals surface area contributed by atoms with Crippen molar-refractivity contribution in [3.63, 3.8) is 0 Å². The van der Waals surface area contributed by atoms with Crippen LogP contribution in [-0.2, 0) is 32.0 Å². The Morgan fingerprint density at radius 3 is 2.36 bits per heavy atom. The molecule has 0 radical (unpaired) electrons. The first-order valence-corrected chi connectivity index (χ1v) is 16.7. The first kappa shape index (κ1) is 36.0. The van der Waals surface area contributed by atoms with Crippen LogP contribution >= 0.6 is 11.8 Å². The fraction of sp³-hybridized carbons (Fsp3) is 0.515. The van der Waals surface area contributed by atoms with Gasteiger partial charge in [0.15, 0.2) is 5.78 Å². The summed E-state index contributed by atoms with van der Waals surface area (Å²) in [5.74, 6) is -0.712. The second kappa shape index (κ2) is 17.9. The van der Waals surface area contributed by atoms with Gasteiger partial charge in [-0.05, 0) is 92.3 Å². The summed E-state index contributed by atoms with van der Waals surface area (Å²) in [6.45, 7) is 3.71. The molecule has 1 fully saturated rings. The predicted octanol–water partition coefficient (Wildman–Crippen LogP) is 0.986. The largest absolute Gasteiger partial charge is 0.508 e. The zero-order chi connectivity index (χ0) is 32.9. The highest BCUT2D eigenvalue weighted by Crippen LogP contribution is 2.22. The van der Waals surface area contributed by atoms with Gasteiger partial charge >= 0.3 is 0 Å². The Morgan fingerprint density at radius 1 is 1.02 bits per heavy atom. The van der Waals surface area contributed by atoms with Gasteiger partial charge in [-0.1, -0.05) is 30.3 Å². The highest BCUT2D eigenvalue weighted by molar-refractivity contribution is 7.98. The topological polar surface area (TPSA) is 174 Å². The number of nitrogens with one attached hydrogen (secondary N) is 3. The molecule has 1 heterocycles. The lowest BCUT2D eigenvalue weighted by atomic mass is 9.96. The number of Topliss-reactive ketones (excluding diaryl/α,β-unsaturated/α-hetero) is 1. The highest BCUT2D eigenvalue weighted by Gasteiger charge is 2.33. The van der Waals surface area contributed by atoms with E-state index in [2.05, 4.69) is 16.0 Å². The van der Waals surface area contributed by atoms with E-state index in [9.17, 15) is 29.4 Å². The number of hydrogen-bond donors (Lipinski definition) is 6. The van der Waals surface area contributed by atoms with Gasteiger partial charge in [0, 0.05) is 6.54 Å². The number of likely N-dealkylation sites (tertiary alicyclic amines) is 1. The Hall–Kier alpha value is -3.45. The van der Waals surface area contributed by atoms with Gasteiger partial charge in [0.25, 0.3) is 0 Å². The Morgan fingerprint density at radius 2 is 1.71 bits per heavy atom. The highest BCUT2D eigenvalue weighted by atomic mass is 32.2. The molecule has 3 amide bonds. The van der Waals surface area contributed by atoms with Crippen LogP contribution in [0.15, 0.2) is 42.5 Å². The fourth-order valence-corrected chi connectivity index (χ4v) is 6.08. The van der Waals surface area contributed by atoms with Crippen molar-refractivity contribution < 1.29 is 29.4 Å². The molecule has 4 atom stereocenters. The van der Waals surface area contributed by atoms with E-state index in [1.54, 1.807) is 17.0 Å². The molecule has 0 bridgehead atoms. The minimum absolute atomic E-state index is 0.107. The van der Waals surface area contributed by atoms with E-state index in [1.165, 1.54) is 11.8 Å². The molecule has 1 saturated heterocycles. The molecule has 1 aliphatic heterocycles. The number of thioether (sulfide) groups is 1. The average molecular weight is 642 g/mol. The molecule has 11 nitrogen and oxygen atoms in total. The number of hydrogen-bond acceptors (Lipinski definition) is 9. The van der Waals surface area contributed by atoms with Crippen LogP contribution in [-0.4, -0.2) is 101 Å². The first-order valence-electron chi connectivity index (χ1n) is 15.4. The van der Waals surface area contributed by atoms with Crippen molar-refractivity contribution in [2.75, 3.05) is 38.2 Å². The van der Waals surface area contributed by atoms with Crippen molar-refractivity contribution in [3.8, 4) is 5.75 Å². The van der Waals surface area contributed by atoms with Crippen LogP contribution in [0, 0.1) is 13.8 Å². The lowest BCUT2D eigenvalue weighted by Gasteiger charge is -2.28. The number of carbonyl (C=O) groups excluding carboxylic acids is 4. The molecular formula is C33H47N5O6S. The number of carbonyl (C=O) groups is 4.